The fourth-order valence-electron chi connectivity index (χ4n) is 5.54. The van der Waals surface area contributed by atoms with Crippen LogP contribution in [0.4, 0.5) is 28.4 Å². The van der Waals surface area contributed by atoms with Crippen molar-refractivity contribution in [3.8, 4) is 11.4 Å². The van der Waals surface area contributed by atoms with Crippen LogP contribution in [0.5, 0.6) is 5.75 Å². The molecule has 3 amide bonds. The summed E-state index contributed by atoms with van der Waals surface area (Å²) in [5.41, 5.74) is -0.961. The minimum Gasteiger partial charge on any atom is -0.508 e. The highest BCUT2D eigenvalue weighted by molar-refractivity contribution is 6.03. The van der Waals surface area contributed by atoms with Gasteiger partial charge in [-0.3, -0.25) is 9.69 Å². The molecule has 1 aliphatic rings. The Balaban J connectivity index is 1.47. The molecule has 1 aliphatic carbocycles. The lowest BCUT2D eigenvalue weighted by Gasteiger charge is -2.34. The number of nitrogens with one attached hydrogen (secondary N) is 2. The van der Waals surface area contributed by atoms with Gasteiger partial charge in [-0.2, -0.15) is 18.3 Å². The molecule has 0 spiro atoms. The van der Waals surface area contributed by atoms with Gasteiger partial charge in [0.1, 0.15) is 22.6 Å². The number of rotatable bonds is 10. The SMILES string of the molecule is CC(C)(C)OC(=O)NCc1cccc(-n2nc(C(F)(F)F)cc2C(=O)Nc2cccc(C(c3ccc(O)cc3)N(CC3CC3)C(=O)OC(C)(C)C)c2)c1. The summed E-state index contributed by atoms with van der Waals surface area (Å²) in [6.45, 7) is 10.9. The Morgan fingerprint density at radius 2 is 1.55 bits per heavy atom. The highest BCUT2D eigenvalue weighted by atomic mass is 19.4. The van der Waals surface area contributed by atoms with Crippen LogP contribution >= 0.6 is 0 Å². The number of hydrogen-bond donors (Lipinski definition) is 3. The number of carbonyl (C=O) groups is 3. The summed E-state index contributed by atoms with van der Waals surface area (Å²) in [7, 11) is 0. The van der Waals surface area contributed by atoms with E-state index >= 15 is 0 Å². The quantitative estimate of drug-likeness (QED) is 0.148. The fraction of sp³-hybridized carbons (Fsp3) is 0.385. The van der Waals surface area contributed by atoms with Gasteiger partial charge in [-0.05, 0) is 113 Å². The van der Waals surface area contributed by atoms with Gasteiger partial charge in [0.2, 0.25) is 0 Å². The van der Waals surface area contributed by atoms with Crippen LogP contribution in [0.15, 0.2) is 78.9 Å². The van der Waals surface area contributed by atoms with Crippen molar-refractivity contribution in [2.24, 2.45) is 5.92 Å². The molecule has 1 heterocycles. The summed E-state index contributed by atoms with van der Waals surface area (Å²) in [4.78, 5) is 41.3. The van der Waals surface area contributed by atoms with Gasteiger partial charge in [0.15, 0.2) is 5.69 Å². The van der Waals surface area contributed by atoms with E-state index in [1.807, 2.05) is 0 Å². The van der Waals surface area contributed by atoms with E-state index in [0.29, 0.717) is 29.3 Å². The third kappa shape index (κ3) is 10.7. The molecule has 11 nitrogen and oxygen atoms in total. The normalized spacial score (nSPS) is 13.9. The minimum atomic E-state index is -4.85. The molecule has 1 fully saturated rings. The number of ether oxygens (including phenoxy) is 2. The summed E-state index contributed by atoms with van der Waals surface area (Å²) in [5, 5.41) is 19.1. The number of phenols is 1. The largest absolute Gasteiger partial charge is 0.508 e. The third-order valence-corrected chi connectivity index (χ3v) is 7.98. The maximum absolute atomic E-state index is 14.0. The molecule has 3 N–H and O–H groups in total. The summed E-state index contributed by atoms with van der Waals surface area (Å²) in [6.07, 6.45) is -4.15. The van der Waals surface area contributed by atoms with Gasteiger partial charge >= 0.3 is 18.4 Å². The Morgan fingerprint density at radius 3 is 2.17 bits per heavy atom. The van der Waals surface area contributed by atoms with Crippen LogP contribution in [0.25, 0.3) is 5.69 Å². The van der Waals surface area contributed by atoms with Crippen molar-refractivity contribution in [2.75, 3.05) is 11.9 Å². The van der Waals surface area contributed by atoms with Crippen LogP contribution in [0.1, 0.15) is 93.3 Å². The first-order valence-electron chi connectivity index (χ1n) is 17.2. The zero-order valence-electron chi connectivity index (χ0n) is 30.5. The fourth-order valence-corrected chi connectivity index (χ4v) is 5.54. The van der Waals surface area contributed by atoms with Gasteiger partial charge in [-0.1, -0.05) is 36.4 Å². The van der Waals surface area contributed by atoms with Crippen molar-refractivity contribution in [1.29, 1.82) is 0 Å². The van der Waals surface area contributed by atoms with Gasteiger partial charge in [0.05, 0.1) is 11.7 Å². The van der Waals surface area contributed by atoms with Gasteiger partial charge in [0, 0.05) is 24.8 Å². The Hall–Kier alpha value is -5.53. The van der Waals surface area contributed by atoms with Crippen molar-refractivity contribution < 1.29 is 42.1 Å². The maximum atomic E-state index is 14.0. The van der Waals surface area contributed by atoms with E-state index in [1.165, 1.54) is 24.3 Å². The third-order valence-electron chi connectivity index (χ3n) is 7.98. The second kappa shape index (κ2) is 15.2. The van der Waals surface area contributed by atoms with Crippen molar-refractivity contribution >= 4 is 23.8 Å². The lowest BCUT2D eigenvalue weighted by molar-refractivity contribution is -0.141. The average molecular weight is 736 g/mol. The molecule has 53 heavy (non-hydrogen) atoms. The van der Waals surface area contributed by atoms with E-state index in [9.17, 15) is 32.7 Å². The summed E-state index contributed by atoms with van der Waals surface area (Å²) in [5.74, 6) is -0.551. The first-order chi connectivity index (χ1) is 24.8. The van der Waals surface area contributed by atoms with Crippen molar-refractivity contribution in [1.82, 2.24) is 20.0 Å². The number of carbonyl (C=O) groups excluding carboxylic acids is 3. The molecular weight excluding hydrogens is 691 g/mol. The van der Waals surface area contributed by atoms with E-state index < -0.39 is 47.2 Å². The molecule has 1 saturated carbocycles. The van der Waals surface area contributed by atoms with E-state index in [1.54, 1.807) is 95.0 Å². The number of nitrogens with zero attached hydrogens (tertiary/aromatic N) is 3. The first-order valence-corrected chi connectivity index (χ1v) is 17.2. The molecule has 14 heteroatoms. The van der Waals surface area contributed by atoms with E-state index in [2.05, 4.69) is 15.7 Å². The highest BCUT2D eigenvalue weighted by Gasteiger charge is 2.37. The van der Waals surface area contributed by atoms with Crippen LogP contribution in [0.2, 0.25) is 0 Å². The minimum absolute atomic E-state index is 0.00767. The van der Waals surface area contributed by atoms with Crippen molar-refractivity contribution in [2.45, 2.75) is 84.3 Å². The number of phenolic OH excluding ortho intramolecular Hbond substituents is 1. The topological polar surface area (TPSA) is 135 Å². The number of benzene rings is 3. The summed E-state index contributed by atoms with van der Waals surface area (Å²) in [6, 6.07) is 19.3. The second-order valence-electron chi connectivity index (χ2n) is 15.0. The van der Waals surface area contributed by atoms with E-state index in [4.69, 9.17) is 9.47 Å². The van der Waals surface area contributed by atoms with Crippen molar-refractivity contribution in [3.05, 3.63) is 107 Å². The predicted octanol–water partition coefficient (Wildman–Crippen LogP) is 8.61. The van der Waals surface area contributed by atoms with Crippen molar-refractivity contribution in [3.63, 3.8) is 0 Å². The summed E-state index contributed by atoms with van der Waals surface area (Å²) < 4.78 is 53.8. The number of alkyl carbamates (subject to hydrolysis) is 1. The number of aromatic nitrogens is 2. The number of aromatic hydroxyl groups is 1. The number of hydrogen-bond acceptors (Lipinski definition) is 7. The average Bonchev–Trinajstić information content (AvgIpc) is 3.75. The maximum Gasteiger partial charge on any atom is 0.435 e. The summed E-state index contributed by atoms with van der Waals surface area (Å²) >= 11 is 0. The van der Waals surface area contributed by atoms with Crippen LogP contribution in [0, 0.1) is 5.92 Å². The number of amides is 3. The zero-order valence-corrected chi connectivity index (χ0v) is 30.5. The molecular formula is C39H44F3N5O6. The molecule has 5 rings (SSSR count). The number of halogens is 3. The molecule has 0 radical (unpaired) electrons. The molecule has 0 aliphatic heterocycles. The highest BCUT2D eigenvalue weighted by Crippen LogP contribution is 2.38. The van der Waals surface area contributed by atoms with Gasteiger partial charge in [-0.15, -0.1) is 0 Å². The van der Waals surface area contributed by atoms with Crippen LogP contribution in [-0.2, 0) is 22.2 Å². The molecule has 4 aromatic rings. The van der Waals surface area contributed by atoms with Gasteiger partial charge in [0.25, 0.3) is 5.91 Å². The second-order valence-corrected chi connectivity index (χ2v) is 15.0. The molecule has 1 atom stereocenters. The van der Waals surface area contributed by atoms with Crippen LogP contribution in [0.3, 0.4) is 0 Å². The Labute approximate surface area is 306 Å². The zero-order chi connectivity index (χ0) is 38.7. The Morgan fingerprint density at radius 1 is 0.887 bits per heavy atom. The molecule has 282 valence electrons. The monoisotopic (exact) mass is 735 g/mol. The smallest absolute Gasteiger partial charge is 0.435 e. The lowest BCUT2D eigenvalue weighted by atomic mass is 9.96. The standard InChI is InChI=1S/C39H44F3N5O6/c1-37(2,3)52-35(50)43-22-25-9-7-12-29(19-25)47-31(21-32(45-47)39(40,41)42)34(49)44-28-11-8-10-27(20-28)33(26-15-17-30(48)18-16-26)46(23-24-13-14-24)36(51)53-38(4,5)6/h7-12,15-21,24,33,48H,13-14,22-23H2,1-6H3,(H,43,50)(H,44,49). The molecule has 3 aromatic carbocycles. The molecule has 0 saturated heterocycles. The van der Waals surface area contributed by atoms with E-state index in [-0.39, 0.29) is 35.3 Å². The van der Waals surface area contributed by atoms with E-state index in [0.717, 1.165) is 17.5 Å². The van der Waals surface area contributed by atoms with Gasteiger partial charge < -0.3 is 25.2 Å². The number of alkyl halides is 3. The molecule has 1 unspecified atom stereocenters. The van der Waals surface area contributed by atoms with Crippen LogP contribution < -0.4 is 10.6 Å². The first kappa shape index (κ1) is 38.7. The molecule has 1 aromatic heterocycles. The predicted molar refractivity (Wildman–Crippen MR) is 192 cm³/mol. The Bertz CT molecular complexity index is 1940. The van der Waals surface area contributed by atoms with Gasteiger partial charge in [-0.25, -0.2) is 14.3 Å². The Kier molecular flexibility index (Phi) is 11.1. The molecule has 0 bridgehead atoms. The number of anilines is 1. The lowest BCUT2D eigenvalue weighted by Crippen LogP contribution is -2.41. The van der Waals surface area contributed by atoms with Crippen LogP contribution in [-0.4, -0.2) is 55.6 Å².